The molecule has 5 nitrogen and oxygen atoms in total. The minimum absolute atomic E-state index is 0.130. The van der Waals surface area contributed by atoms with Gasteiger partial charge < -0.3 is 9.84 Å². The smallest absolute Gasteiger partial charge is 0.312 e. The summed E-state index contributed by atoms with van der Waals surface area (Å²) in [5.41, 5.74) is 0.259. The van der Waals surface area contributed by atoms with Gasteiger partial charge in [-0.1, -0.05) is 15.9 Å². The van der Waals surface area contributed by atoms with Gasteiger partial charge in [0.15, 0.2) is 0 Å². The summed E-state index contributed by atoms with van der Waals surface area (Å²) in [6.45, 7) is 3.58. The van der Waals surface area contributed by atoms with Gasteiger partial charge in [-0.15, -0.1) is 0 Å². The Labute approximate surface area is 101 Å². The second kappa shape index (κ2) is 5.27. The highest BCUT2D eigenvalue weighted by atomic mass is 79.9. The number of hydrogen-bond donors (Lipinski definition) is 1. The van der Waals surface area contributed by atoms with Crippen LogP contribution in [-0.2, 0) is 0 Å². The minimum Gasteiger partial charge on any atom is -0.487 e. The third kappa shape index (κ3) is 2.70. The van der Waals surface area contributed by atoms with E-state index in [1.807, 2.05) is 0 Å². The molecule has 0 aliphatic heterocycles. The van der Waals surface area contributed by atoms with Gasteiger partial charge in [0.2, 0.25) is 5.75 Å². The van der Waals surface area contributed by atoms with E-state index in [0.717, 1.165) is 0 Å². The predicted molar refractivity (Wildman–Crippen MR) is 62.6 cm³/mol. The second-order valence-corrected chi connectivity index (χ2v) is 4.13. The lowest BCUT2D eigenvalue weighted by atomic mass is 10.1. The van der Waals surface area contributed by atoms with Crippen molar-refractivity contribution in [1.29, 1.82) is 0 Å². The van der Waals surface area contributed by atoms with Crippen LogP contribution >= 0.6 is 15.9 Å². The molecule has 0 amide bonds. The van der Waals surface area contributed by atoms with Gasteiger partial charge in [-0.25, -0.2) is 0 Å². The fourth-order valence-electron chi connectivity index (χ4n) is 1.35. The number of nitrogens with zero attached hydrogens (tertiary/aromatic N) is 1. The van der Waals surface area contributed by atoms with Crippen LogP contribution in [0.2, 0.25) is 0 Å². The number of aliphatic hydroxyl groups is 1. The number of halogens is 1. The lowest BCUT2D eigenvalue weighted by Gasteiger charge is -2.13. The third-order valence-corrected chi connectivity index (χ3v) is 2.46. The summed E-state index contributed by atoms with van der Waals surface area (Å²) >= 11 is 3.16. The van der Waals surface area contributed by atoms with Gasteiger partial charge in [0.05, 0.1) is 17.6 Å². The zero-order chi connectivity index (χ0) is 12.3. The van der Waals surface area contributed by atoms with E-state index >= 15 is 0 Å². The lowest BCUT2D eigenvalue weighted by Crippen LogP contribution is -2.03. The van der Waals surface area contributed by atoms with Gasteiger partial charge in [-0.3, -0.25) is 10.1 Å². The molecule has 0 aromatic heterocycles. The Balaban J connectivity index is 3.41. The highest BCUT2D eigenvalue weighted by molar-refractivity contribution is 9.10. The average Bonchev–Trinajstić information content (AvgIpc) is 2.19. The number of nitro groups is 1. The molecule has 1 aromatic carbocycles. The van der Waals surface area contributed by atoms with Crippen molar-refractivity contribution in [3.63, 3.8) is 0 Å². The molecule has 88 valence electrons. The molecule has 0 radical (unpaired) electrons. The maximum absolute atomic E-state index is 10.8. The Kier molecular flexibility index (Phi) is 4.26. The van der Waals surface area contributed by atoms with Crippen LogP contribution in [0, 0.1) is 10.1 Å². The molecule has 16 heavy (non-hydrogen) atoms. The molecule has 1 N–H and O–H groups in total. The molecule has 0 fully saturated rings. The van der Waals surface area contributed by atoms with Crippen LogP contribution in [0.1, 0.15) is 25.5 Å². The Morgan fingerprint density at radius 3 is 2.69 bits per heavy atom. The standard InChI is InChI=1S/C10H12BrNO4/c1-3-16-10-8(6(2)13)4-7(11)5-9(10)12(14)15/h4-6,13H,3H2,1-2H3/t6-/m1/s1. The molecular formula is C10H12BrNO4. The SMILES string of the molecule is CCOc1c([C@@H](C)O)cc(Br)cc1[N+](=O)[O-]. The third-order valence-electron chi connectivity index (χ3n) is 2.00. The summed E-state index contributed by atoms with van der Waals surface area (Å²) in [6, 6.07) is 2.97. The molecule has 0 aliphatic rings. The zero-order valence-electron chi connectivity index (χ0n) is 8.94. The molecule has 0 spiro atoms. The largest absolute Gasteiger partial charge is 0.487 e. The first-order chi connectivity index (χ1) is 7.47. The molecule has 1 aromatic rings. The first-order valence-electron chi connectivity index (χ1n) is 4.76. The van der Waals surface area contributed by atoms with Crippen molar-refractivity contribution in [1.82, 2.24) is 0 Å². The molecule has 0 unspecified atom stereocenters. The molecule has 1 rings (SSSR count). The van der Waals surface area contributed by atoms with Gasteiger partial charge >= 0.3 is 5.69 Å². The Morgan fingerprint density at radius 1 is 1.62 bits per heavy atom. The highest BCUT2D eigenvalue weighted by Crippen LogP contribution is 2.37. The number of rotatable bonds is 4. The Bertz CT molecular complexity index is 406. The monoisotopic (exact) mass is 289 g/mol. The second-order valence-electron chi connectivity index (χ2n) is 3.21. The van der Waals surface area contributed by atoms with Gasteiger partial charge in [-0.2, -0.15) is 0 Å². The summed E-state index contributed by atoms with van der Waals surface area (Å²) in [5.74, 6) is 0.130. The molecule has 0 heterocycles. The Morgan fingerprint density at radius 2 is 2.25 bits per heavy atom. The van der Waals surface area contributed by atoms with Crippen LogP contribution in [0.25, 0.3) is 0 Å². The molecule has 0 saturated carbocycles. The summed E-state index contributed by atoms with van der Waals surface area (Å²) in [5, 5.41) is 20.4. The van der Waals surface area contributed by atoms with Crippen LogP contribution in [0.5, 0.6) is 5.75 Å². The van der Waals surface area contributed by atoms with Gasteiger partial charge in [0, 0.05) is 16.1 Å². The van der Waals surface area contributed by atoms with E-state index in [2.05, 4.69) is 15.9 Å². The van der Waals surface area contributed by atoms with Crippen LogP contribution in [0.15, 0.2) is 16.6 Å². The van der Waals surface area contributed by atoms with E-state index in [9.17, 15) is 15.2 Å². The molecule has 0 bridgehead atoms. The van der Waals surface area contributed by atoms with Crippen molar-refractivity contribution in [2.45, 2.75) is 20.0 Å². The molecular weight excluding hydrogens is 278 g/mol. The quantitative estimate of drug-likeness (QED) is 0.683. The van der Waals surface area contributed by atoms with Gasteiger partial charge in [0.25, 0.3) is 0 Å². The first-order valence-corrected chi connectivity index (χ1v) is 5.55. The zero-order valence-corrected chi connectivity index (χ0v) is 10.5. The number of nitro benzene ring substituents is 1. The molecule has 6 heteroatoms. The van der Waals surface area contributed by atoms with Gasteiger partial charge in [0.1, 0.15) is 0 Å². The molecule has 0 saturated heterocycles. The maximum Gasteiger partial charge on any atom is 0.312 e. The molecule has 0 aliphatic carbocycles. The first kappa shape index (κ1) is 12.9. The fraction of sp³-hybridized carbons (Fsp3) is 0.400. The van der Waals surface area contributed by atoms with Crippen molar-refractivity contribution in [3.8, 4) is 5.75 Å². The summed E-state index contributed by atoms with van der Waals surface area (Å²) in [6.07, 6.45) is -0.822. The van der Waals surface area contributed by atoms with E-state index in [1.165, 1.54) is 13.0 Å². The van der Waals surface area contributed by atoms with Crippen molar-refractivity contribution in [2.75, 3.05) is 6.61 Å². The fourth-order valence-corrected chi connectivity index (χ4v) is 1.81. The normalized spacial score (nSPS) is 12.2. The number of hydrogen-bond acceptors (Lipinski definition) is 4. The van der Waals surface area contributed by atoms with Crippen molar-refractivity contribution in [3.05, 3.63) is 32.3 Å². The van der Waals surface area contributed by atoms with E-state index in [-0.39, 0.29) is 11.4 Å². The van der Waals surface area contributed by atoms with Crippen LogP contribution in [0.4, 0.5) is 5.69 Å². The maximum atomic E-state index is 10.8. The van der Waals surface area contributed by atoms with Crippen LogP contribution in [0.3, 0.4) is 0 Å². The average molecular weight is 290 g/mol. The lowest BCUT2D eigenvalue weighted by molar-refractivity contribution is -0.386. The minimum atomic E-state index is -0.822. The van der Waals surface area contributed by atoms with Crippen molar-refractivity contribution in [2.24, 2.45) is 0 Å². The van der Waals surface area contributed by atoms with E-state index in [0.29, 0.717) is 16.6 Å². The summed E-state index contributed by atoms with van der Waals surface area (Å²) in [7, 11) is 0. The Hall–Kier alpha value is -1.14. The predicted octanol–water partition coefficient (Wildman–Crippen LogP) is 2.81. The number of aliphatic hydroxyl groups excluding tert-OH is 1. The van der Waals surface area contributed by atoms with Crippen molar-refractivity contribution >= 4 is 21.6 Å². The number of ether oxygens (including phenoxy) is 1. The summed E-state index contributed by atoms with van der Waals surface area (Å²) < 4.78 is 5.76. The van der Waals surface area contributed by atoms with Crippen molar-refractivity contribution < 1.29 is 14.8 Å². The topological polar surface area (TPSA) is 72.6 Å². The van der Waals surface area contributed by atoms with E-state index in [4.69, 9.17) is 4.74 Å². The van der Waals surface area contributed by atoms with Crippen LogP contribution in [-0.4, -0.2) is 16.6 Å². The van der Waals surface area contributed by atoms with E-state index < -0.39 is 11.0 Å². The van der Waals surface area contributed by atoms with Crippen LogP contribution < -0.4 is 4.74 Å². The highest BCUT2D eigenvalue weighted by Gasteiger charge is 2.22. The van der Waals surface area contributed by atoms with Gasteiger partial charge in [-0.05, 0) is 19.9 Å². The van der Waals surface area contributed by atoms with E-state index in [1.54, 1.807) is 13.0 Å². The number of benzene rings is 1. The summed E-state index contributed by atoms with van der Waals surface area (Å²) in [4.78, 5) is 10.3. The molecule has 1 atom stereocenters.